The van der Waals surface area contributed by atoms with Crippen molar-refractivity contribution in [3.05, 3.63) is 53.8 Å². The average Bonchev–Trinajstić information content (AvgIpc) is 2.64. The molecule has 2 aromatic rings. The number of thioether (sulfide) groups is 1. The van der Waals surface area contributed by atoms with Gasteiger partial charge in [0, 0.05) is 10.6 Å². The second kappa shape index (κ2) is 9.72. The second-order valence-corrected chi connectivity index (χ2v) is 6.74. The molecule has 6 nitrogen and oxygen atoms in total. The lowest BCUT2D eigenvalue weighted by molar-refractivity contribution is -0.139. The summed E-state index contributed by atoms with van der Waals surface area (Å²) >= 11 is 1.47. The number of rotatable bonds is 9. The van der Waals surface area contributed by atoms with Crippen molar-refractivity contribution >= 4 is 34.8 Å². The largest absolute Gasteiger partial charge is 0.482 e. The summed E-state index contributed by atoms with van der Waals surface area (Å²) in [5, 5.41) is 20.9. The summed E-state index contributed by atoms with van der Waals surface area (Å²) in [6.07, 6.45) is 0. The summed E-state index contributed by atoms with van der Waals surface area (Å²) < 4.78 is 18.1. The number of carboxylic acids is 1. The van der Waals surface area contributed by atoms with Gasteiger partial charge in [0.15, 0.2) is 6.61 Å². The molecule has 27 heavy (non-hydrogen) atoms. The van der Waals surface area contributed by atoms with E-state index in [1.54, 1.807) is 25.1 Å². The van der Waals surface area contributed by atoms with Gasteiger partial charge in [0.2, 0.25) is 0 Å². The molecule has 0 unspecified atom stereocenters. The van der Waals surface area contributed by atoms with Crippen LogP contribution in [0.5, 0.6) is 5.75 Å². The van der Waals surface area contributed by atoms with Crippen LogP contribution in [-0.2, 0) is 4.79 Å². The normalized spacial score (nSPS) is 11.1. The van der Waals surface area contributed by atoms with Crippen LogP contribution in [0.25, 0.3) is 0 Å². The van der Waals surface area contributed by atoms with E-state index >= 15 is 0 Å². The molecule has 0 amide bonds. The Balaban J connectivity index is 1.88. The van der Waals surface area contributed by atoms with Crippen LogP contribution in [0.15, 0.2) is 52.5 Å². The fourth-order valence-corrected chi connectivity index (χ4v) is 2.96. The van der Waals surface area contributed by atoms with E-state index in [1.807, 2.05) is 19.1 Å². The Hall–Kier alpha value is -2.87. The minimum absolute atomic E-state index is 0.319. The topological polar surface area (TPSA) is 94.8 Å². The Bertz CT molecular complexity index is 854. The van der Waals surface area contributed by atoms with Crippen LogP contribution in [-0.4, -0.2) is 34.9 Å². The van der Waals surface area contributed by atoms with Gasteiger partial charge in [-0.25, -0.2) is 9.18 Å². The van der Waals surface area contributed by atoms with Crippen molar-refractivity contribution in [3.63, 3.8) is 0 Å². The lowest BCUT2D eigenvalue weighted by Crippen LogP contribution is -2.13. The molecule has 0 saturated carbocycles. The molecule has 0 radical (unpaired) electrons. The monoisotopic (exact) mass is 389 g/mol. The standard InChI is InChI=1S/C19H20FN3O3S/c1-12-9-16(7-8-18(12)26-10-19(24)25)27-11-17(21)13(2)22-23-15-5-3-14(20)4-6-15/h3-9,21,23H,10-11H2,1-2H3,(H,24,25)/b21-17?,22-13-. The maximum Gasteiger partial charge on any atom is 0.341 e. The lowest BCUT2D eigenvalue weighted by Gasteiger charge is -2.09. The number of carboxylic acid groups (broad SMARTS) is 1. The van der Waals surface area contributed by atoms with Gasteiger partial charge in [-0.2, -0.15) is 5.10 Å². The molecular formula is C19H20FN3O3S. The summed E-state index contributed by atoms with van der Waals surface area (Å²) in [4.78, 5) is 11.5. The number of halogens is 1. The quantitative estimate of drug-likeness (QED) is 0.339. The summed E-state index contributed by atoms with van der Waals surface area (Å²) in [5.74, 6) is -0.390. The van der Waals surface area contributed by atoms with E-state index in [-0.39, 0.29) is 12.4 Å². The summed E-state index contributed by atoms with van der Waals surface area (Å²) in [7, 11) is 0. The van der Waals surface area contributed by atoms with E-state index in [0.717, 1.165) is 10.5 Å². The molecular weight excluding hydrogens is 369 g/mol. The first-order valence-corrected chi connectivity index (χ1v) is 9.05. The summed E-state index contributed by atoms with van der Waals surface area (Å²) in [6.45, 7) is 3.19. The minimum atomic E-state index is -1.02. The number of nitrogens with zero attached hydrogens (tertiary/aromatic N) is 1. The van der Waals surface area contributed by atoms with Crippen LogP contribution in [0.4, 0.5) is 10.1 Å². The van der Waals surface area contributed by atoms with Gasteiger partial charge in [0.25, 0.3) is 0 Å². The smallest absolute Gasteiger partial charge is 0.341 e. The zero-order chi connectivity index (χ0) is 19.8. The first kappa shape index (κ1) is 20.4. The molecule has 0 fully saturated rings. The number of ether oxygens (including phenoxy) is 1. The van der Waals surface area contributed by atoms with Crippen LogP contribution in [0.2, 0.25) is 0 Å². The average molecular weight is 389 g/mol. The molecule has 0 aliphatic rings. The Kier molecular flexibility index (Phi) is 7.36. The highest BCUT2D eigenvalue weighted by atomic mass is 32.2. The minimum Gasteiger partial charge on any atom is -0.482 e. The van der Waals surface area contributed by atoms with Gasteiger partial charge >= 0.3 is 5.97 Å². The van der Waals surface area contributed by atoms with Gasteiger partial charge in [-0.15, -0.1) is 11.8 Å². The fraction of sp³-hybridized carbons (Fsp3) is 0.211. The molecule has 3 N–H and O–H groups in total. The zero-order valence-corrected chi connectivity index (χ0v) is 15.8. The second-order valence-electron chi connectivity index (χ2n) is 5.69. The Labute approximate surface area is 161 Å². The van der Waals surface area contributed by atoms with E-state index in [2.05, 4.69) is 10.5 Å². The Morgan fingerprint density at radius 3 is 2.63 bits per heavy atom. The molecule has 2 aromatic carbocycles. The first-order valence-electron chi connectivity index (χ1n) is 8.07. The molecule has 0 aromatic heterocycles. The predicted molar refractivity (Wildman–Crippen MR) is 106 cm³/mol. The fourth-order valence-electron chi connectivity index (χ4n) is 2.01. The van der Waals surface area contributed by atoms with Gasteiger partial charge < -0.3 is 15.3 Å². The number of benzene rings is 2. The number of carbonyl (C=O) groups is 1. The number of hydrogen-bond donors (Lipinski definition) is 3. The maximum atomic E-state index is 12.9. The van der Waals surface area contributed by atoms with Crippen LogP contribution in [0.3, 0.4) is 0 Å². The Morgan fingerprint density at radius 2 is 2.00 bits per heavy atom. The van der Waals surface area contributed by atoms with E-state index in [1.165, 1.54) is 23.9 Å². The number of nitrogens with one attached hydrogen (secondary N) is 2. The highest BCUT2D eigenvalue weighted by Crippen LogP contribution is 2.25. The molecule has 0 atom stereocenters. The van der Waals surface area contributed by atoms with Gasteiger partial charge in [0.05, 0.1) is 17.1 Å². The van der Waals surface area contributed by atoms with Crippen molar-refractivity contribution in [3.8, 4) is 5.75 Å². The van der Waals surface area contributed by atoms with Crippen LogP contribution >= 0.6 is 11.8 Å². The van der Waals surface area contributed by atoms with Crippen LogP contribution in [0, 0.1) is 18.2 Å². The zero-order valence-electron chi connectivity index (χ0n) is 15.0. The van der Waals surface area contributed by atoms with Gasteiger partial charge in [-0.3, -0.25) is 5.43 Å². The number of aryl methyl sites for hydroxylation is 1. The third kappa shape index (κ3) is 6.74. The molecule has 0 aliphatic carbocycles. The summed E-state index contributed by atoms with van der Waals surface area (Å²) in [6, 6.07) is 11.2. The van der Waals surface area contributed by atoms with Crippen molar-refractivity contribution in [2.24, 2.45) is 5.10 Å². The van der Waals surface area contributed by atoms with Gasteiger partial charge in [0.1, 0.15) is 11.6 Å². The van der Waals surface area contributed by atoms with E-state index in [9.17, 15) is 9.18 Å². The van der Waals surface area contributed by atoms with Crippen molar-refractivity contribution in [1.29, 1.82) is 5.41 Å². The van der Waals surface area contributed by atoms with E-state index < -0.39 is 5.97 Å². The van der Waals surface area contributed by atoms with Crippen molar-refractivity contribution in [2.45, 2.75) is 18.7 Å². The molecule has 0 bridgehead atoms. The molecule has 8 heteroatoms. The molecule has 142 valence electrons. The number of anilines is 1. The van der Waals surface area contributed by atoms with E-state index in [4.69, 9.17) is 15.3 Å². The number of aliphatic carboxylic acids is 1. The third-order valence-electron chi connectivity index (χ3n) is 3.51. The summed E-state index contributed by atoms with van der Waals surface area (Å²) in [5.41, 5.74) is 5.16. The third-order valence-corrected chi connectivity index (χ3v) is 4.53. The molecule has 0 spiro atoms. The van der Waals surface area contributed by atoms with Gasteiger partial charge in [-0.05, 0) is 61.9 Å². The Morgan fingerprint density at radius 1 is 1.30 bits per heavy atom. The lowest BCUT2D eigenvalue weighted by atomic mass is 10.2. The predicted octanol–water partition coefficient (Wildman–Crippen LogP) is 4.20. The molecule has 0 saturated heterocycles. The molecule has 0 aliphatic heterocycles. The molecule has 0 heterocycles. The van der Waals surface area contributed by atoms with Crippen LogP contribution < -0.4 is 10.2 Å². The van der Waals surface area contributed by atoms with Crippen LogP contribution in [0.1, 0.15) is 12.5 Å². The van der Waals surface area contributed by atoms with Crippen molar-refractivity contribution in [1.82, 2.24) is 0 Å². The van der Waals surface area contributed by atoms with E-state index in [0.29, 0.717) is 28.6 Å². The highest BCUT2D eigenvalue weighted by Gasteiger charge is 2.07. The van der Waals surface area contributed by atoms with Crippen molar-refractivity contribution < 1.29 is 19.0 Å². The number of hydrogen-bond acceptors (Lipinski definition) is 6. The molecule has 2 rings (SSSR count). The first-order chi connectivity index (χ1) is 12.8. The SMILES string of the molecule is C/C(=N/Nc1ccc(F)cc1)C(=N)CSc1ccc(OCC(=O)O)c(C)c1. The van der Waals surface area contributed by atoms with Crippen molar-refractivity contribution in [2.75, 3.05) is 17.8 Å². The highest BCUT2D eigenvalue weighted by molar-refractivity contribution is 8.00. The van der Waals surface area contributed by atoms with Gasteiger partial charge in [-0.1, -0.05) is 0 Å². The maximum absolute atomic E-state index is 12.9. The number of hydrazone groups is 1.